The van der Waals surface area contributed by atoms with E-state index in [1.807, 2.05) is 12.3 Å². The zero-order chi connectivity index (χ0) is 15.0. The minimum absolute atomic E-state index is 0.539. The third-order valence-corrected chi connectivity index (χ3v) is 3.36. The van der Waals surface area contributed by atoms with Gasteiger partial charge in [-0.3, -0.25) is 9.88 Å². The van der Waals surface area contributed by atoms with E-state index < -0.39 is 0 Å². The molecule has 0 atom stereocenters. The fourth-order valence-corrected chi connectivity index (χ4v) is 2.32. The van der Waals surface area contributed by atoms with Gasteiger partial charge in [0.05, 0.1) is 0 Å². The molecule has 0 unspecified atom stereocenters. The summed E-state index contributed by atoms with van der Waals surface area (Å²) in [4.78, 5) is 6.60. The Bertz CT molecular complexity index is 372. The Morgan fingerprint density at radius 1 is 1.25 bits per heavy atom. The lowest BCUT2D eigenvalue weighted by Gasteiger charge is -2.30. The largest absolute Gasteiger partial charge is 0.492 e. The molecule has 20 heavy (non-hydrogen) atoms. The molecular weight excluding hydrogens is 250 g/mol. The first-order valence-corrected chi connectivity index (χ1v) is 7.58. The van der Waals surface area contributed by atoms with Gasteiger partial charge < -0.3 is 10.1 Å². The van der Waals surface area contributed by atoms with Crippen molar-refractivity contribution in [3.8, 4) is 5.75 Å². The summed E-state index contributed by atoms with van der Waals surface area (Å²) >= 11 is 0. The second kappa shape index (κ2) is 8.93. The van der Waals surface area contributed by atoms with E-state index in [0.29, 0.717) is 18.7 Å². The molecule has 4 heteroatoms. The Morgan fingerprint density at radius 3 is 2.55 bits per heavy atom. The molecule has 1 N–H and O–H groups in total. The van der Waals surface area contributed by atoms with Crippen LogP contribution < -0.4 is 10.1 Å². The van der Waals surface area contributed by atoms with Crippen LogP contribution in [0.3, 0.4) is 0 Å². The van der Waals surface area contributed by atoms with E-state index in [2.05, 4.69) is 49.8 Å². The van der Waals surface area contributed by atoms with E-state index in [1.165, 1.54) is 0 Å². The highest BCUT2D eigenvalue weighted by atomic mass is 16.5. The van der Waals surface area contributed by atoms with Crippen LogP contribution in [0.4, 0.5) is 0 Å². The number of hydrogen-bond acceptors (Lipinski definition) is 4. The lowest BCUT2D eigenvalue weighted by atomic mass is 10.2. The Kier molecular flexibility index (Phi) is 7.55. The third-order valence-electron chi connectivity index (χ3n) is 3.36. The first-order chi connectivity index (χ1) is 9.56. The second-order valence-corrected chi connectivity index (χ2v) is 5.54. The van der Waals surface area contributed by atoms with Crippen LogP contribution in [-0.4, -0.2) is 41.7 Å². The molecular formula is C16H29N3O. The normalized spacial score (nSPS) is 11.6. The van der Waals surface area contributed by atoms with Gasteiger partial charge in [-0.25, -0.2) is 0 Å². The highest BCUT2D eigenvalue weighted by Gasteiger charge is 2.13. The molecule has 0 aromatic carbocycles. The first kappa shape index (κ1) is 16.9. The van der Waals surface area contributed by atoms with Crippen molar-refractivity contribution in [3.05, 3.63) is 24.0 Å². The summed E-state index contributed by atoms with van der Waals surface area (Å²) < 4.78 is 5.94. The predicted octanol–water partition coefficient (Wildman–Crippen LogP) is 2.69. The minimum atomic E-state index is 0.539. The molecule has 0 saturated heterocycles. The maximum Gasteiger partial charge on any atom is 0.126 e. The maximum atomic E-state index is 5.94. The lowest BCUT2D eigenvalue weighted by molar-refractivity contribution is 0.141. The lowest BCUT2D eigenvalue weighted by Crippen LogP contribution is -2.39. The zero-order valence-corrected chi connectivity index (χ0v) is 13.5. The average molecular weight is 279 g/mol. The van der Waals surface area contributed by atoms with Crippen LogP contribution in [0.1, 0.15) is 40.2 Å². The summed E-state index contributed by atoms with van der Waals surface area (Å²) in [5.74, 6) is 0.938. The van der Waals surface area contributed by atoms with Crippen molar-refractivity contribution in [2.75, 3.05) is 19.7 Å². The standard InChI is InChI=1S/C16H29N3O/c1-6-17-11-15-12-18-8-7-16(15)20-10-9-19(13(2)3)14(4)5/h7-8,12-14,17H,6,9-11H2,1-5H3. The van der Waals surface area contributed by atoms with Gasteiger partial charge in [-0.05, 0) is 40.3 Å². The zero-order valence-electron chi connectivity index (χ0n) is 13.5. The van der Waals surface area contributed by atoms with Crippen LogP contribution in [0.2, 0.25) is 0 Å². The third kappa shape index (κ3) is 5.47. The summed E-state index contributed by atoms with van der Waals surface area (Å²) in [5, 5.41) is 3.31. The fraction of sp³-hybridized carbons (Fsp3) is 0.688. The molecule has 1 aromatic heterocycles. The predicted molar refractivity (Wildman–Crippen MR) is 84.1 cm³/mol. The summed E-state index contributed by atoms with van der Waals surface area (Å²) in [5.41, 5.74) is 1.12. The molecule has 1 heterocycles. The second-order valence-electron chi connectivity index (χ2n) is 5.54. The maximum absolute atomic E-state index is 5.94. The van der Waals surface area contributed by atoms with Crippen molar-refractivity contribution in [3.63, 3.8) is 0 Å². The van der Waals surface area contributed by atoms with E-state index in [1.54, 1.807) is 6.20 Å². The van der Waals surface area contributed by atoms with Crippen molar-refractivity contribution < 1.29 is 4.74 Å². The number of rotatable bonds is 9. The molecule has 0 saturated carbocycles. The monoisotopic (exact) mass is 279 g/mol. The molecule has 0 aliphatic carbocycles. The van der Waals surface area contributed by atoms with E-state index in [4.69, 9.17) is 4.74 Å². The average Bonchev–Trinajstić information content (AvgIpc) is 2.41. The molecule has 0 fully saturated rings. The molecule has 0 bridgehead atoms. The van der Waals surface area contributed by atoms with Crippen LogP contribution in [0.15, 0.2) is 18.5 Å². The summed E-state index contributed by atoms with van der Waals surface area (Å²) in [6, 6.07) is 3.02. The van der Waals surface area contributed by atoms with Crippen LogP contribution >= 0.6 is 0 Å². The van der Waals surface area contributed by atoms with Gasteiger partial charge in [-0.1, -0.05) is 6.92 Å². The topological polar surface area (TPSA) is 37.4 Å². The van der Waals surface area contributed by atoms with E-state index >= 15 is 0 Å². The molecule has 1 aromatic rings. The molecule has 0 aliphatic rings. The number of hydrogen-bond donors (Lipinski definition) is 1. The highest BCUT2D eigenvalue weighted by molar-refractivity contribution is 5.29. The van der Waals surface area contributed by atoms with E-state index in [-0.39, 0.29) is 0 Å². The van der Waals surface area contributed by atoms with Gasteiger partial charge in [0, 0.05) is 43.1 Å². The van der Waals surface area contributed by atoms with Crippen LogP contribution in [0.5, 0.6) is 5.75 Å². The summed E-state index contributed by atoms with van der Waals surface area (Å²) in [6.07, 6.45) is 3.66. The Labute approximate surface area is 123 Å². The van der Waals surface area contributed by atoms with Gasteiger partial charge in [-0.15, -0.1) is 0 Å². The SMILES string of the molecule is CCNCc1cnccc1OCCN(C(C)C)C(C)C. The molecule has 0 spiro atoms. The molecule has 114 valence electrons. The number of ether oxygens (including phenoxy) is 1. The van der Waals surface area contributed by atoms with Gasteiger partial charge in [0.2, 0.25) is 0 Å². The van der Waals surface area contributed by atoms with Gasteiger partial charge in [-0.2, -0.15) is 0 Å². The van der Waals surface area contributed by atoms with Crippen molar-refractivity contribution in [1.29, 1.82) is 0 Å². The van der Waals surface area contributed by atoms with E-state index in [0.717, 1.165) is 30.9 Å². The quantitative estimate of drug-likeness (QED) is 0.754. The van der Waals surface area contributed by atoms with Crippen LogP contribution in [0.25, 0.3) is 0 Å². The summed E-state index contributed by atoms with van der Waals surface area (Å²) in [6.45, 7) is 14.4. The Morgan fingerprint density at radius 2 is 1.95 bits per heavy atom. The van der Waals surface area contributed by atoms with Crippen molar-refractivity contribution in [1.82, 2.24) is 15.2 Å². The molecule has 0 amide bonds. The van der Waals surface area contributed by atoms with Gasteiger partial charge in [0.1, 0.15) is 12.4 Å². The number of aromatic nitrogens is 1. The Balaban J connectivity index is 2.52. The van der Waals surface area contributed by atoms with Crippen molar-refractivity contribution >= 4 is 0 Å². The van der Waals surface area contributed by atoms with Gasteiger partial charge in [0.25, 0.3) is 0 Å². The number of nitrogens with one attached hydrogen (secondary N) is 1. The van der Waals surface area contributed by atoms with E-state index in [9.17, 15) is 0 Å². The fourth-order valence-electron chi connectivity index (χ4n) is 2.32. The Hall–Kier alpha value is -1.13. The summed E-state index contributed by atoms with van der Waals surface area (Å²) in [7, 11) is 0. The molecule has 4 nitrogen and oxygen atoms in total. The minimum Gasteiger partial charge on any atom is -0.492 e. The molecule has 0 radical (unpaired) electrons. The van der Waals surface area contributed by atoms with Gasteiger partial charge >= 0.3 is 0 Å². The molecule has 0 aliphatic heterocycles. The smallest absolute Gasteiger partial charge is 0.126 e. The number of nitrogens with zero attached hydrogens (tertiary/aromatic N) is 2. The van der Waals surface area contributed by atoms with Crippen molar-refractivity contribution in [2.45, 2.75) is 53.2 Å². The highest BCUT2D eigenvalue weighted by Crippen LogP contribution is 2.16. The van der Waals surface area contributed by atoms with Gasteiger partial charge in [0.15, 0.2) is 0 Å². The van der Waals surface area contributed by atoms with Crippen LogP contribution in [0, 0.1) is 0 Å². The first-order valence-electron chi connectivity index (χ1n) is 7.58. The number of pyridine rings is 1. The molecule has 1 rings (SSSR count). The van der Waals surface area contributed by atoms with Crippen molar-refractivity contribution in [2.24, 2.45) is 0 Å². The van der Waals surface area contributed by atoms with Crippen LogP contribution in [-0.2, 0) is 6.54 Å².